The molecule has 0 saturated heterocycles. The molecular weight excluding hydrogens is 282 g/mol. The van der Waals surface area contributed by atoms with Gasteiger partial charge in [0.25, 0.3) is 0 Å². The number of aliphatic hydroxyl groups excluding tert-OH is 1. The number of halogens is 1. The van der Waals surface area contributed by atoms with E-state index in [0.29, 0.717) is 12.5 Å². The normalized spacial score (nSPS) is 12.9. The van der Waals surface area contributed by atoms with Gasteiger partial charge < -0.3 is 15.2 Å². The van der Waals surface area contributed by atoms with Crippen molar-refractivity contribution in [2.45, 2.75) is 25.9 Å². The average molecular weight is 302 g/mol. The highest BCUT2D eigenvalue weighted by molar-refractivity contribution is 9.10. The van der Waals surface area contributed by atoms with Crippen LogP contribution in [0.4, 0.5) is 0 Å². The quantitative estimate of drug-likeness (QED) is 0.879. The predicted molar refractivity (Wildman–Crippen MR) is 73.7 cm³/mol. The predicted octanol–water partition coefficient (Wildman–Crippen LogP) is 2.83. The maximum Gasteiger partial charge on any atom is 0.123 e. The van der Waals surface area contributed by atoms with Crippen LogP contribution in [0.3, 0.4) is 0 Å². The van der Waals surface area contributed by atoms with E-state index in [0.717, 1.165) is 21.3 Å². The molecule has 17 heavy (non-hydrogen) atoms. The van der Waals surface area contributed by atoms with Crippen molar-refractivity contribution < 1.29 is 9.84 Å². The van der Waals surface area contributed by atoms with Gasteiger partial charge in [0.05, 0.1) is 13.2 Å². The van der Waals surface area contributed by atoms with E-state index in [1.807, 2.05) is 19.2 Å². The van der Waals surface area contributed by atoms with Crippen molar-refractivity contribution in [1.29, 1.82) is 0 Å². The molecule has 1 atom stereocenters. The van der Waals surface area contributed by atoms with Gasteiger partial charge in [-0.05, 0) is 30.7 Å². The fraction of sp³-hybridized carbons (Fsp3) is 0.538. The molecule has 4 heteroatoms. The Morgan fingerprint density at radius 3 is 2.53 bits per heavy atom. The largest absolute Gasteiger partial charge is 0.496 e. The molecule has 2 N–H and O–H groups in total. The fourth-order valence-electron chi connectivity index (χ4n) is 1.85. The lowest BCUT2D eigenvalue weighted by atomic mass is 9.98. The minimum atomic E-state index is -0.522. The Morgan fingerprint density at radius 2 is 2.06 bits per heavy atom. The lowest BCUT2D eigenvalue weighted by molar-refractivity contribution is 0.177. The summed E-state index contributed by atoms with van der Waals surface area (Å²) in [6.07, 6.45) is -0.522. The zero-order valence-electron chi connectivity index (χ0n) is 10.7. The van der Waals surface area contributed by atoms with E-state index in [1.54, 1.807) is 7.11 Å². The molecule has 0 radical (unpaired) electrons. The lowest BCUT2D eigenvalue weighted by Gasteiger charge is -2.18. The SMILES string of the molecule is CNCC(O)c1cc(Br)c(C(C)C)c(OC)c1. The standard InChI is InChI=1S/C13H20BrNO2/c1-8(2)13-10(14)5-9(6-12(13)17-4)11(16)7-15-3/h5-6,8,11,15-16H,7H2,1-4H3. The van der Waals surface area contributed by atoms with Crippen LogP contribution in [0, 0.1) is 0 Å². The van der Waals surface area contributed by atoms with E-state index in [1.165, 1.54) is 0 Å². The molecule has 0 fully saturated rings. The average Bonchev–Trinajstić information content (AvgIpc) is 2.27. The summed E-state index contributed by atoms with van der Waals surface area (Å²) in [7, 11) is 3.47. The molecule has 3 nitrogen and oxygen atoms in total. The summed E-state index contributed by atoms with van der Waals surface area (Å²) in [6.45, 7) is 4.76. The van der Waals surface area contributed by atoms with Crippen molar-refractivity contribution in [2.24, 2.45) is 0 Å². The van der Waals surface area contributed by atoms with Crippen molar-refractivity contribution in [1.82, 2.24) is 5.32 Å². The molecule has 0 heterocycles. The third-order valence-corrected chi connectivity index (χ3v) is 3.35. The van der Waals surface area contributed by atoms with E-state index < -0.39 is 6.10 Å². The maximum absolute atomic E-state index is 9.96. The van der Waals surface area contributed by atoms with Crippen LogP contribution >= 0.6 is 15.9 Å². The van der Waals surface area contributed by atoms with Gasteiger partial charge in [0, 0.05) is 16.6 Å². The number of methoxy groups -OCH3 is 1. The Labute approximate surface area is 111 Å². The van der Waals surface area contributed by atoms with Crippen molar-refractivity contribution >= 4 is 15.9 Å². The smallest absolute Gasteiger partial charge is 0.123 e. The number of nitrogens with one attached hydrogen (secondary N) is 1. The topological polar surface area (TPSA) is 41.5 Å². The second kappa shape index (κ2) is 6.38. The number of hydrogen-bond donors (Lipinski definition) is 2. The monoisotopic (exact) mass is 301 g/mol. The minimum absolute atomic E-state index is 0.370. The van der Waals surface area contributed by atoms with Crippen LogP contribution in [0.1, 0.15) is 37.0 Å². The molecular formula is C13H20BrNO2. The zero-order chi connectivity index (χ0) is 13.0. The summed E-state index contributed by atoms with van der Waals surface area (Å²) in [6, 6.07) is 3.86. The van der Waals surface area contributed by atoms with Crippen LogP contribution in [0.15, 0.2) is 16.6 Å². The highest BCUT2D eigenvalue weighted by Gasteiger charge is 2.16. The first-order valence-corrected chi connectivity index (χ1v) is 6.50. The van der Waals surface area contributed by atoms with Gasteiger partial charge in [0.15, 0.2) is 0 Å². The third kappa shape index (κ3) is 3.44. The van der Waals surface area contributed by atoms with E-state index in [2.05, 4.69) is 35.1 Å². The fourth-order valence-corrected chi connectivity index (χ4v) is 2.76. The molecule has 0 aliphatic rings. The van der Waals surface area contributed by atoms with Gasteiger partial charge in [-0.1, -0.05) is 29.8 Å². The zero-order valence-corrected chi connectivity index (χ0v) is 12.3. The second-order valence-electron chi connectivity index (χ2n) is 4.35. The molecule has 0 amide bonds. The molecule has 0 aromatic heterocycles. The van der Waals surface area contributed by atoms with Crippen LogP contribution in [-0.2, 0) is 0 Å². The van der Waals surface area contributed by atoms with Crippen LogP contribution in [-0.4, -0.2) is 25.8 Å². The van der Waals surface area contributed by atoms with Gasteiger partial charge in [-0.15, -0.1) is 0 Å². The van der Waals surface area contributed by atoms with Gasteiger partial charge in [0.2, 0.25) is 0 Å². The van der Waals surface area contributed by atoms with E-state index in [-0.39, 0.29) is 0 Å². The first-order chi connectivity index (χ1) is 8.01. The Kier molecular flexibility index (Phi) is 5.43. The number of likely N-dealkylation sites (N-methyl/N-ethyl adjacent to an activating group) is 1. The van der Waals surface area contributed by atoms with Crippen molar-refractivity contribution in [3.05, 3.63) is 27.7 Å². The summed E-state index contributed by atoms with van der Waals surface area (Å²) in [4.78, 5) is 0. The van der Waals surface area contributed by atoms with Crippen LogP contribution < -0.4 is 10.1 Å². The number of aliphatic hydroxyl groups is 1. The van der Waals surface area contributed by atoms with Gasteiger partial charge in [-0.2, -0.15) is 0 Å². The van der Waals surface area contributed by atoms with Crippen LogP contribution in [0.2, 0.25) is 0 Å². The molecule has 0 aliphatic carbocycles. The number of hydrogen-bond acceptors (Lipinski definition) is 3. The van der Waals surface area contributed by atoms with Crippen molar-refractivity contribution in [3.8, 4) is 5.75 Å². The summed E-state index contributed by atoms with van der Waals surface area (Å²) >= 11 is 3.55. The van der Waals surface area contributed by atoms with E-state index in [9.17, 15) is 5.11 Å². The molecule has 0 spiro atoms. The molecule has 1 rings (SSSR count). The van der Waals surface area contributed by atoms with Crippen molar-refractivity contribution in [3.63, 3.8) is 0 Å². The molecule has 0 aliphatic heterocycles. The van der Waals surface area contributed by atoms with Gasteiger partial charge in [0.1, 0.15) is 5.75 Å². The summed E-state index contributed by atoms with van der Waals surface area (Å²) in [5.74, 6) is 1.19. The molecule has 0 saturated carbocycles. The first kappa shape index (κ1) is 14.5. The van der Waals surface area contributed by atoms with Gasteiger partial charge >= 0.3 is 0 Å². The molecule has 0 bridgehead atoms. The van der Waals surface area contributed by atoms with Crippen LogP contribution in [0.5, 0.6) is 5.75 Å². The van der Waals surface area contributed by atoms with Crippen molar-refractivity contribution in [2.75, 3.05) is 20.7 Å². The first-order valence-electron chi connectivity index (χ1n) is 5.71. The highest BCUT2D eigenvalue weighted by Crippen LogP contribution is 2.36. The Hall–Kier alpha value is -0.580. The van der Waals surface area contributed by atoms with Gasteiger partial charge in [-0.25, -0.2) is 0 Å². The molecule has 96 valence electrons. The summed E-state index contributed by atoms with van der Waals surface area (Å²) in [5, 5.41) is 12.9. The van der Waals surface area contributed by atoms with Gasteiger partial charge in [-0.3, -0.25) is 0 Å². The number of ether oxygens (including phenoxy) is 1. The van der Waals surface area contributed by atoms with E-state index >= 15 is 0 Å². The molecule has 1 unspecified atom stereocenters. The van der Waals surface area contributed by atoms with Crippen LogP contribution in [0.25, 0.3) is 0 Å². The minimum Gasteiger partial charge on any atom is -0.496 e. The highest BCUT2D eigenvalue weighted by atomic mass is 79.9. The third-order valence-electron chi connectivity index (χ3n) is 2.69. The Balaban J connectivity index is 3.17. The Morgan fingerprint density at radius 1 is 1.41 bits per heavy atom. The number of rotatable bonds is 5. The molecule has 1 aromatic carbocycles. The second-order valence-corrected chi connectivity index (χ2v) is 5.20. The Bertz CT molecular complexity index is 380. The van der Waals surface area contributed by atoms with E-state index in [4.69, 9.17) is 4.74 Å². The lowest BCUT2D eigenvalue weighted by Crippen LogP contribution is -2.17. The summed E-state index contributed by atoms with van der Waals surface area (Å²) in [5.41, 5.74) is 1.99. The number of benzene rings is 1. The summed E-state index contributed by atoms with van der Waals surface area (Å²) < 4.78 is 6.38. The maximum atomic E-state index is 9.96. The molecule has 1 aromatic rings.